The Morgan fingerprint density at radius 3 is 2.65 bits per heavy atom. The van der Waals surface area contributed by atoms with E-state index in [4.69, 9.17) is 9.68 Å². The van der Waals surface area contributed by atoms with Crippen LogP contribution < -0.4 is 0 Å². The average Bonchev–Trinajstić information content (AvgIpc) is 3.04. The smallest absolute Gasteiger partial charge is 0.145 e. The first-order chi connectivity index (χ1) is 8.24. The van der Waals surface area contributed by atoms with E-state index in [0.29, 0.717) is 11.1 Å². The average molecular weight is 230 g/mol. The molecule has 0 radical (unpaired) electrons. The lowest BCUT2D eigenvalue weighted by Crippen LogP contribution is -2.23. The minimum Gasteiger partial charge on any atom is -0.456 e. The standard InChI is InChI=1S/C7H3NO.C7H15N/c8-4-5-3-6-1-2-7(5)9-6;1-3-7-5-4-6-8(7)2/h1-3H;7H,3-6H2,1-2H3. The molecule has 0 aliphatic carbocycles. The lowest BCUT2D eigenvalue weighted by atomic mass is 10.2. The fraction of sp³-hybridized carbons (Fsp3) is 0.500. The van der Waals surface area contributed by atoms with Gasteiger partial charge in [0.05, 0.1) is 5.56 Å². The highest BCUT2D eigenvalue weighted by Crippen LogP contribution is 2.20. The van der Waals surface area contributed by atoms with Crippen molar-refractivity contribution in [3.63, 3.8) is 0 Å². The SMILES string of the molecule is CCC1CCCN1C.N#Cc1cc2ccc1o2. The van der Waals surface area contributed by atoms with Crippen LogP contribution in [0.1, 0.15) is 31.7 Å². The van der Waals surface area contributed by atoms with Crippen LogP contribution in [-0.4, -0.2) is 24.5 Å². The third-order valence-electron chi connectivity index (χ3n) is 3.44. The molecule has 2 aromatic heterocycles. The molecule has 1 aliphatic heterocycles. The molecule has 3 rings (SSSR count). The molecule has 2 bridgehead atoms. The van der Waals surface area contributed by atoms with Crippen molar-refractivity contribution in [3.8, 4) is 6.07 Å². The second-order valence-corrected chi connectivity index (χ2v) is 4.56. The monoisotopic (exact) mass is 230 g/mol. The molecule has 3 nitrogen and oxygen atoms in total. The molecule has 0 amide bonds. The maximum atomic E-state index is 8.42. The predicted octanol–water partition coefficient (Wildman–Crippen LogP) is 3.23. The summed E-state index contributed by atoms with van der Waals surface area (Å²) in [6, 6.07) is 8.29. The molecule has 2 aromatic rings. The largest absolute Gasteiger partial charge is 0.456 e. The zero-order valence-electron chi connectivity index (χ0n) is 10.4. The molecule has 3 heterocycles. The Morgan fingerprint density at radius 1 is 1.53 bits per heavy atom. The molecule has 1 atom stereocenters. The van der Waals surface area contributed by atoms with Gasteiger partial charge in [0.2, 0.25) is 0 Å². The third kappa shape index (κ3) is 2.59. The van der Waals surface area contributed by atoms with E-state index < -0.39 is 0 Å². The molecule has 90 valence electrons. The van der Waals surface area contributed by atoms with Gasteiger partial charge in [0.1, 0.15) is 17.2 Å². The number of hydrogen-bond donors (Lipinski definition) is 0. The highest BCUT2D eigenvalue weighted by molar-refractivity contribution is 5.69. The lowest BCUT2D eigenvalue weighted by molar-refractivity contribution is 0.304. The minimum atomic E-state index is 0.632. The van der Waals surface area contributed by atoms with Gasteiger partial charge in [0.25, 0.3) is 0 Å². The highest BCUT2D eigenvalue weighted by Gasteiger charge is 2.17. The van der Waals surface area contributed by atoms with E-state index in [9.17, 15) is 0 Å². The van der Waals surface area contributed by atoms with E-state index in [2.05, 4.69) is 18.9 Å². The molecule has 17 heavy (non-hydrogen) atoms. The maximum absolute atomic E-state index is 8.42. The Hall–Kier alpha value is -1.53. The number of hydrogen-bond acceptors (Lipinski definition) is 3. The Labute approximate surface area is 102 Å². The molecule has 1 fully saturated rings. The van der Waals surface area contributed by atoms with E-state index in [1.807, 2.05) is 12.1 Å². The third-order valence-corrected chi connectivity index (χ3v) is 3.44. The summed E-state index contributed by atoms with van der Waals surface area (Å²) in [4.78, 5) is 2.46. The summed E-state index contributed by atoms with van der Waals surface area (Å²) in [7, 11) is 2.22. The van der Waals surface area contributed by atoms with Crippen molar-refractivity contribution in [1.29, 1.82) is 5.26 Å². The van der Waals surface area contributed by atoms with Gasteiger partial charge in [-0.3, -0.25) is 0 Å². The summed E-state index contributed by atoms with van der Waals surface area (Å²) < 4.78 is 5.08. The Kier molecular flexibility index (Phi) is 3.65. The van der Waals surface area contributed by atoms with Gasteiger partial charge in [-0.1, -0.05) is 6.92 Å². The van der Waals surface area contributed by atoms with Gasteiger partial charge in [0.15, 0.2) is 0 Å². The van der Waals surface area contributed by atoms with Crippen LogP contribution in [0.15, 0.2) is 22.6 Å². The summed E-state index contributed by atoms with van der Waals surface area (Å²) in [5, 5.41) is 8.42. The molecule has 0 spiro atoms. The quantitative estimate of drug-likeness (QED) is 0.755. The van der Waals surface area contributed by atoms with Crippen LogP contribution in [0.3, 0.4) is 0 Å². The number of rotatable bonds is 1. The molecule has 1 aliphatic rings. The number of fused-ring (bicyclic) bond motifs is 2. The van der Waals surface area contributed by atoms with Crippen LogP contribution in [-0.2, 0) is 0 Å². The van der Waals surface area contributed by atoms with Gasteiger partial charge in [-0.2, -0.15) is 5.26 Å². The van der Waals surface area contributed by atoms with Crippen LogP contribution >= 0.6 is 0 Å². The van der Waals surface area contributed by atoms with Gasteiger partial charge in [-0.15, -0.1) is 0 Å². The summed E-state index contributed by atoms with van der Waals surface area (Å²) in [6.07, 6.45) is 4.17. The van der Waals surface area contributed by atoms with Gasteiger partial charge >= 0.3 is 0 Å². The van der Waals surface area contributed by atoms with Crippen LogP contribution in [0.25, 0.3) is 11.2 Å². The minimum absolute atomic E-state index is 0.632. The topological polar surface area (TPSA) is 40.2 Å². The first kappa shape index (κ1) is 11.9. The van der Waals surface area contributed by atoms with Crippen molar-refractivity contribution in [1.82, 2.24) is 4.90 Å². The fourth-order valence-electron chi connectivity index (χ4n) is 2.37. The van der Waals surface area contributed by atoms with Gasteiger partial charge in [0, 0.05) is 12.1 Å². The van der Waals surface area contributed by atoms with Crippen molar-refractivity contribution in [2.45, 2.75) is 32.2 Å². The summed E-state index contributed by atoms with van der Waals surface area (Å²) in [5.41, 5.74) is 2.10. The second kappa shape index (κ2) is 5.20. The molecule has 0 aromatic carbocycles. The van der Waals surface area contributed by atoms with E-state index in [0.717, 1.165) is 11.6 Å². The number of likely N-dealkylation sites (tertiary alicyclic amines) is 1. The van der Waals surface area contributed by atoms with Crippen molar-refractivity contribution >= 4 is 11.2 Å². The van der Waals surface area contributed by atoms with Crippen LogP contribution in [0.2, 0.25) is 0 Å². The van der Waals surface area contributed by atoms with Crippen molar-refractivity contribution in [3.05, 3.63) is 23.8 Å². The van der Waals surface area contributed by atoms with Crippen molar-refractivity contribution in [2.24, 2.45) is 0 Å². The lowest BCUT2D eigenvalue weighted by Gasteiger charge is -2.16. The number of nitrogens with zero attached hydrogens (tertiary/aromatic N) is 2. The zero-order chi connectivity index (χ0) is 12.3. The highest BCUT2D eigenvalue weighted by atomic mass is 16.3. The van der Waals surface area contributed by atoms with Gasteiger partial charge in [-0.05, 0) is 45.0 Å². The number of furan rings is 2. The molecule has 1 saturated heterocycles. The zero-order valence-corrected chi connectivity index (χ0v) is 10.4. The Morgan fingerprint density at radius 2 is 2.35 bits per heavy atom. The van der Waals surface area contributed by atoms with Crippen LogP contribution in [0, 0.1) is 11.3 Å². The first-order valence-electron chi connectivity index (χ1n) is 6.17. The molecular formula is C14H18N2O. The van der Waals surface area contributed by atoms with E-state index >= 15 is 0 Å². The van der Waals surface area contributed by atoms with E-state index in [1.165, 1.54) is 25.8 Å². The van der Waals surface area contributed by atoms with Crippen molar-refractivity contribution in [2.75, 3.05) is 13.6 Å². The molecular weight excluding hydrogens is 212 g/mol. The molecule has 0 saturated carbocycles. The molecule has 3 heteroatoms. The Balaban J connectivity index is 0.000000128. The summed E-state index contributed by atoms with van der Waals surface area (Å²) >= 11 is 0. The summed E-state index contributed by atoms with van der Waals surface area (Å²) in [6.45, 7) is 3.59. The molecule has 1 unspecified atom stereocenters. The fourth-order valence-corrected chi connectivity index (χ4v) is 2.37. The molecule has 0 N–H and O–H groups in total. The van der Waals surface area contributed by atoms with Gasteiger partial charge < -0.3 is 9.32 Å². The second-order valence-electron chi connectivity index (χ2n) is 4.56. The normalized spacial score (nSPS) is 20.2. The number of benzene rings is 1. The predicted molar refractivity (Wildman–Crippen MR) is 68.1 cm³/mol. The van der Waals surface area contributed by atoms with E-state index in [-0.39, 0.29) is 0 Å². The van der Waals surface area contributed by atoms with Gasteiger partial charge in [-0.25, -0.2) is 0 Å². The van der Waals surface area contributed by atoms with Crippen molar-refractivity contribution < 1.29 is 4.42 Å². The number of nitriles is 1. The maximum Gasteiger partial charge on any atom is 0.145 e. The van der Waals surface area contributed by atoms with Crippen LogP contribution in [0.4, 0.5) is 0 Å². The van der Waals surface area contributed by atoms with E-state index in [1.54, 1.807) is 12.1 Å². The summed E-state index contributed by atoms with van der Waals surface area (Å²) in [5.74, 6) is 0. The Bertz CT molecular complexity index is 497. The van der Waals surface area contributed by atoms with Crippen LogP contribution in [0.5, 0.6) is 0 Å². The first-order valence-corrected chi connectivity index (χ1v) is 6.17.